The van der Waals surface area contributed by atoms with Crippen LogP contribution in [0.25, 0.3) is 6.08 Å². The second-order valence-corrected chi connectivity index (χ2v) is 10.9. The molecule has 0 aromatic heterocycles. The number of aliphatic imine (C=N–C) groups is 1. The van der Waals surface area contributed by atoms with Crippen molar-refractivity contribution in [2.45, 2.75) is 20.5 Å². The number of thioether (sulfide) groups is 1. The van der Waals surface area contributed by atoms with Crippen LogP contribution in [-0.4, -0.2) is 34.6 Å². The molecule has 39 heavy (non-hydrogen) atoms. The molecule has 1 fully saturated rings. The first-order valence-electron chi connectivity index (χ1n) is 11.9. The minimum atomic E-state index is -0.459. The molecule has 1 heterocycles. The van der Waals surface area contributed by atoms with Crippen LogP contribution >= 0.6 is 35.0 Å². The van der Waals surface area contributed by atoms with E-state index in [1.54, 1.807) is 59.5 Å². The van der Waals surface area contributed by atoms with E-state index in [1.807, 2.05) is 13.8 Å². The molecule has 3 aromatic rings. The number of non-ortho nitro benzene ring substituents is 1. The van der Waals surface area contributed by atoms with Crippen molar-refractivity contribution in [2.24, 2.45) is 10.9 Å². The van der Waals surface area contributed by atoms with E-state index in [9.17, 15) is 14.9 Å². The highest BCUT2D eigenvalue weighted by Gasteiger charge is 2.34. The van der Waals surface area contributed by atoms with Crippen LogP contribution in [-0.2, 0) is 11.4 Å². The van der Waals surface area contributed by atoms with Crippen LogP contribution in [0.1, 0.15) is 25.0 Å². The summed E-state index contributed by atoms with van der Waals surface area (Å²) in [7, 11) is 1.50. The molecule has 1 amide bonds. The Bertz CT molecular complexity index is 1440. The second-order valence-electron chi connectivity index (χ2n) is 9.04. The van der Waals surface area contributed by atoms with Gasteiger partial charge in [0.25, 0.3) is 11.6 Å². The lowest BCUT2D eigenvalue weighted by Crippen LogP contribution is -2.32. The number of carbonyl (C=O) groups excluding carboxylic acids is 1. The average Bonchev–Trinajstić information content (AvgIpc) is 3.17. The summed E-state index contributed by atoms with van der Waals surface area (Å²) in [5, 5.41) is 12.4. The molecule has 8 nitrogen and oxygen atoms in total. The summed E-state index contributed by atoms with van der Waals surface area (Å²) in [6, 6.07) is 16.6. The van der Waals surface area contributed by atoms with Gasteiger partial charge in [0, 0.05) is 23.7 Å². The van der Waals surface area contributed by atoms with E-state index in [0.29, 0.717) is 49.4 Å². The number of nitro benzene ring substituents is 1. The number of amides is 1. The Balaban J connectivity index is 1.58. The molecule has 1 aliphatic rings. The maximum absolute atomic E-state index is 13.3. The summed E-state index contributed by atoms with van der Waals surface area (Å²) >= 11 is 13.8. The number of methoxy groups -OCH3 is 1. The predicted octanol–water partition coefficient (Wildman–Crippen LogP) is 7.75. The number of halogens is 2. The zero-order valence-electron chi connectivity index (χ0n) is 21.4. The van der Waals surface area contributed by atoms with Gasteiger partial charge in [0.15, 0.2) is 16.7 Å². The Labute approximate surface area is 240 Å². The number of nitrogens with zero attached hydrogens (tertiary/aromatic N) is 3. The number of hydrogen-bond acceptors (Lipinski definition) is 7. The minimum Gasteiger partial charge on any atom is -0.493 e. The fourth-order valence-electron chi connectivity index (χ4n) is 3.73. The van der Waals surface area contributed by atoms with Crippen LogP contribution in [0.4, 0.5) is 11.4 Å². The van der Waals surface area contributed by atoms with Gasteiger partial charge in [-0.05, 0) is 83.4 Å². The van der Waals surface area contributed by atoms with E-state index < -0.39 is 4.92 Å². The molecule has 0 atom stereocenters. The monoisotopic (exact) mass is 585 g/mol. The SMILES string of the molecule is COc1cc(/C=C2\SC(=Nc3ccc(Cl)cc3)N(CC(C)C)C2=O)cc(Cl)c1OCc1ccc([N+](=O)[O-])cc1. The summed E-state index contributed by atoms with van der Waals surface area (Å²) < 4.78 is 11.4. The van der Waals surface area contributed by atoms with Crippen molar-refractivity contribution in [3.8, 4) is 11.5 Å². The van der Waals surface area contributed by atoms with E-state index >= 15 is 0 Å². The van der Waals surface area contributed by atoms with Crippen LogP contribution < -0.4 is 9.47 Å². The number of amidine groups is 1. The Morgan fingerprint density at radius 1 is 1.10 bits per heavy atom. The Morgan fingerprint density at radius 3 is 2.41 bits per heavy atom. The van der Waals surface area contributed by atoms with Crippen LogP contribution in [0.5, 0.6) is 11.5 Å². The van der Waals surface area contributed by atoms with Crippen LogP contribution in [0.3, 0.4) is 0 Å². The summed E-state index contributed by atoms with van der Waals surface area (Å²) in [6.07, 6.45) is 1.75. The quantitative estimate of drug-likeness (QED) is 0.145. The predicted molar refractivity (Wildman–Crippen MR) is 156 cm³/mol. The Hall–Kier alpha value is -3.53. The number of nitro groups is 1. The zero-order chi connectivity index (χ0) is 28.1. The van der Waals surface area contributed by atoms with Gasteiger partial charge < -0.3 is 9.47 Å². The lowest BCUT2D eigenvalue weighted by Gasteiger charge is -2.17. The molecular formula is C28H25Cl2N3O5S. The van der Waals surface area contributed by atoms with Crippen LogP contribution in [0, 0.1) is 16.0 Å². The van der Waals surface area contributed by atoms with E-state index in [2.05, 4.69) is 4.99 Å². The molecule has 202 valence electrons. The molecule has 0 unspecified atom stereocenters. The van der Waals surface area contributed by atoms with Crippen molar-refractivity contribution in [3.05, 3.63) is 96.9 Å². The topological polar surface area (TPSA) is 94.3 Å². The third-order valence-electron chi connectivity index (χ3n) is 5.57. The van der Waals surface area contributed by atoms with Crippen molar-refractivity contribution in [3.63, 3.8) is 0 Å². The maximum Gasteiger partial charge on any atom is 0.269 e. The number of ether oxygens (including phenoxy) is 2. The van der Waals surface area contributed by atoms with Gasteiger partial charge in [-0.15, -0.1) is 0 Å². The van der Waals surface area contributed by atoms with Crippen LogP contribution in [0.2, 0.25) is 10.0 Å². The van der Waals surface area contributed by atoms with Gasteiger partial charge in [-0.2, -0.15) is 0 Å². The van der Waals surface area contributed by atoms with Gasteiger partial charge in [-0.1, -0.05) is 37.0 Å². The van der Waals surface area contributed by atoms with Crippen molar-refractivity contribution < 1.29 is 19.2 Å². The molecule has 0 radical (unpaired) electrons. The molecule has 3 aromatic carbocycles. The summed E-state index contributed by atoms with van der Waals surface area (Å²) in [5.74, 6) is 0.818. The fraction of sp³-hybridized carbons (Fsp3) is 0.214. The van der Waals surface area contributed by atoms with E-state index in [0.717, 1.165) is 5.56 Å². The van der Waals surface area contributed by atoms with Gasteiger partial charge in [0.1, 0.15) is 6.61 Å². The molecule has 1 aliphatic heterocycles. The third kappa shape index (κ3) is 7.11. The van der Waals surface area contributed by atoms with Gasteiger partial charge in [0.05, 0.1) is 27.6 Å². The highest BCUT2D eigenvalue weighted by molar-refractivity contribution is 8.18. The molecule has 11 heteroatoms. The van der Waals surface area contributed by atoms with Gasteiger partial charge in [-0.3, -0.25) is 19.8 Å². The van der Waals surface area contributed by atoms with Gasteiger partial charge in [0.2, 0.25) is 0 Å². The molecule has 0 N–H and O–H groups in total. The van der Waals surface area contributed by atoms with Gasteiger partial charge >= 0.3 is 0 Å². The average molecular weight is 586 g/mol. The van der Waals surface area contributed by atoms with Crippen molar-refractivity contribution in [1.29, 1.82) is 0 Å². The maximum atomic E-state index is 13.3. The normalized spacial score (nSPS) is 15.4. The summed E-state index contributed by atoms with van der Waals surface area (Å²) in [5.41, 5.74) is 2.09. The fourth-order valence-corrected chi connectivity index (χ4v) is 5.14. The second kappa shape index (κ2) is 12.5. The van der Waals surface area contributed by atoms with Gasteiger partial charge in [-0.25, -0.2) is 4.99 Å². The molecule has 0 bridgehead atoms. The smallest absolute Gasteiger partial charge is 0.269 e. The van der Waals surface area contributed by atoms with Crippen molar-refractivity contribution in [1.82, 2.24) is 4.90 Å². The molecular weight excluding hydrogens is 561 g/mol. The molecule has 1 saturated heterocycles. The van der Waals surface area contributed by atoms with Crippen LogP contribution in [0.15, 0.2) is 70.6 Å². The van der Waals surface area contributed by atoms with E-state index in [1.165, 1.54) is 31.0 Å². The summed E-state index contributed by atoms with van der Waals surface area (Å²) in [6.45, 7) is 4.74. The first-order valence-corrected chi connectivity index (χ1v) is 13.5. The van der Waals surface area contributed by atoms with Crippen molar-refractivity contribution in [2.75, 3.05) is 13.7 Å². The first-order chi connectivity index (χ1) is 18.6. The number of benzene rings is 3. The highest BCUT2D eigenvalue weighted by atomic mass is 35.5. The molecule has 0 aliphatic carbocycles. The lowest BCUT2D eigenvalue weighted by molar-refractivity contribution is -0.384. The number of hydrogen-bond donors (Lipinski definition) is 0. The third-order valence-corrected chi connectivity index (χ3v) is 7.11. The molecule has 0 saturated carbocycles. The Morgan fingerprint density at radius 2 is 1.79 bits per heavy atom. The van der Waals surface area contributed by atoms with Crippen molar-refractivity contribution >= 4 is 63.5 Å². The number of carbonyl (C=O) groups is 1. The molecule has 4 rings (SSSR count). The summed E-state index contributed by atoms with van der Waals surface area (Å²) in [4.78, 5) is 30.6. The zero-order valence-corrected chi connectivity index (χ0v) is 23.7. The standard InChI is InChI=1S/C28H25Cl2N3O5S/c1-17(2)15-32-27(34)25(39-28(32)31-21-8-6-20(29)7-9-21)14-19-12-23(30)26(24(13-19)37-3)38-16-18-4-10-22(11-5-18)33(35)36/h4-14,17H,15-16H2,1-3H3/b25-14-,31-28?. The molecule has 0 spiro atoms. The lowest BCUT2D eigenvalue weighted by atomic mass is 10.1. The Kier molecular flexibility index (Phi) is 9.16. The largest absolute Gasteiger partial charge is 0.493 e. The minimum absolute atomic E-state index is 0.000546. The first kappa shape index (κ1) is 28.5. The number of rotatable bonds is 9. The van der Waals surface area contributed by atoms with E-state index in [-0.39, 0.29) is 24.1 Å². The van der Waals surface area contributed by atoms with E-state index in [4.69, 9.17) is 32.7 Å². The highest BCUT2D eigenvalue weighted by Crippen LogP contribution is 2.40.